The summed E-state index contributed by atoms with van der Waals surface area (Å²) in [5.41, 5.74) is 1.26. The largest absolute Gasteiger partial charge is 0.459 e. The van der Waals surface area contributed by atoms with Crippen LogP contribution in [0.4, 0.5) is 0 Å². The molecule has 4 heteroatoms. The van der Waals surface area contributed by atoms with E-state index in [1.165, 1.54) is 16.7 Å². The number of thioether (sulfide) groups is 1. The highest BCUT2D eigenvalue weighted by Gasteiger charge is 2.06. The third-order valence-electron chi connectivity index (χ3n) is 2.42. The molecule has 0 aliphatic rings. The fourth-order valence-electron chi connectivity index (χ4n) is 1.46. The van der Waals surface area contributed by atoms with Gasteiger partial charge in [0.15, 0.2) is 5.76 Å². The zero-order valence-electron chi connectivity index (χ0n) is 10.2. The number of hydrogen-bond acceptors (Lipinski definition) is 3. The van der Waals surface area contributed by atoms with E-state index in [0.717, 1.165) is 5.75 Å². The summed E-state index contributed by atoms with van der Waals surface area (Å²) in [5, 5.41) is 2.81. The Kier molecular flexibility index (Phi) is 4.47. The van der Waals surface area contributed by atoms with Crippen LogP contribution in [0.15, 0.2) is 52.0 Å². The summed E-state index contributed by atoms with van der Waals surface area (Å²) in [7, 11) is 0. The Morgan fingerprint density at radius 2 is 2.06 bits per heavy atom. The Hall–Kier alpha value is -1.68. The van der Waals surface area contributed by atoms with Gasteiger partial charge in [-0.05, 0) is 31.2 Å². The summed E-state index contributed by atoms with van der Waals surface area (Å²) in [6.45, 7) is 2.69. The van der Waals surface area contributed by atoms with Gasteiger partial charge in [-0.3, -0.25) is 4.79 Å². The number of aryl methyl sites for hydroxylation is 1. The first-order valence-electron chi connectivity index (χ1n) is 5.77. The summed E-state index contributed by atoms with van der Waals surface area (Å²) in [4.78, 5) is 12.8. The van der Waals surface area contributed by atoms with Gasteiger partial charge in [-0.15, -0.1) is 11.8 Å². The fraction of sp³-hybridized carbons (Fsp3) is 0.214. The number of carbonyl (C=O) groups is 1. The van der Waals surface area contributed by atoms with E-state index in [2.05, 4.69) is 36.5 Å². The van der Waals surface area contributed by atoms with Crippen molar-refractivity contribution < 1.29 is 9.21 Å². The Balaban J connectivity index is 1.70. The third kappa shape index (κ3) is 3.67. The predicted octanol–water partition coefficient (Wildman–Crippen LogP) is 3.11. The van der Waals surface area contributed by atoms with E-state index < -0.39 is 0 Å². The molecule has 1 N–H and O–H groups in total. The molecular weight excluding hydrogens is 246 g/mol. The van der Waals surface area contributed by atoms with Gasteiger partial charge < -0.3 is 9.73 Å². The van der Waals surface area contributed by atoms with Crippen LogP contribution in [0.5, 0.6) is 0 Å². The molecule has 0 aliphatic heterocycles. The van der Waals surface area contributed by atoms with Crippen LogP contribution in [-0.2, 0) is 0 Å². The van der Waals surface area contributed by atoms with E-state index in [4.69, 9.17) is 4.42 Å². The Morgan fingerprint density at radius 3 is 2.72 bits per heavy atom. The Bertz CT molecular complexity index is 491. The molecule has 0 saturated carbocycles. The molecule has 3 nitrogen and oxygen atoms in total. The highest BCUT2D eigenvalue weighted by molar-refractivity contribution is 7.99. The molecule has 0 unspecified atom stereocenters. The quantitative estimate of drug-likeness (QED) is 0.664. The monoisotopic (exact) mass is 261 g/mol. The number of carbonyl (C=O) groups excluding carboxylic acids is 1. The zero-order chi connectivity index (χ0) is 12.8. The lowest BCUT2D eigenvalue weighted by Crippen LogP contribution is -2.25. The minimum atomic E-state index is -0.162. The average molecular weight is 261 g/mol. The van der Waals surface area contributed by atoms with Crippen molar-refractivity contribution >= 4 is 17.7 Å². The van der Waals surface area contributed by atoms with Crippen LogP contribution < -0.4 is 5.32 Å². The molecule has 0 aliphatic carbocycles. The fourth-order valence-corrected chi connectivity index (χ4v) is 2.23. The number of nitrogens with one attached hydrogen (secondary N) is 1. The number of amides is 1. The zero-order valence-corrected chi connectivity index (χ0v) is 11.0. The summed E-state index contributed by atoms with van der Waals surface area (Å²) in [6.07, 6.45) is 1.50. The number of hydrogen-bond donors (Lipinski definition) is 1. The molecule has 1 aromatic heterocycles. The molecule has 18 heavy (non-hydrogen) atoms. The number of benzene rings is 1. The number of furan rings is 1. The first-order chi connectivity index (χ1) is 8.75. The topological polar surface area (TPSA) is 42.2 Å². The van der Waals surface area contributed by atoms with E-state index in [9.17, 15) is 4.79 Å². The molecule has 1 heterocycles. The van der Waals surface area contributed by atoms with E-state index in [0.29, 0.717) is 12.3 Å². The second kappa shape index (κ2) is 6.31. The Morgan fingerprint density at radius 1 is 1.28 bits per heavy atom. The second-order valence-corrected chi connectivity index (χ2v) is 5.06. The minimum absolute atomic E-state index is 0.162. The molecule has 2 aromatic rings. The molecule has 0 fully saturated rings. The van der Waals surface area contributed by atoms with E-state index in [1.807, 2.05) is 0 Å². The van der Waals surface area contributed by atoms with Gasteiger partial charge in [0, 0.05) is 17.2 Å². The van der Waals surface area contributed by atoms with Crippen molar-refractivity contribution in [2.75, 3.05) is 12.3 Å². The highest BCUT2D eigenvalue weighted by Crippen LogP contribution is 2.17. The van der Waals surface area contributed by atoms with Crippen LogP contribution in [0.3, 0.4) is 0 Å². The number of rotatable bonds is 5. The van der Waals surface area contributed by atoms with Gasteiger partial charge >= 0.3 is 0 Å². The molecule has 1 amide bonds. The normalized spacial score (nSPS) is 10.3. The van der Waals surface area contributed by atoms with Crippen molar-refractivity contribution in [3.05, 3.63) is 54.0 Å². The third-order valence-corrected chi connectivity index (χ3v) is 3.44. The van der Waals surface area contributed by atoms with Crippen molar-refractivity contribution in [2.24, 2.45) is 0 Å². The lowest BCUT2D eigenvalue weighted by Gasteiger charge is -2.03. The van der Waals surface area contributed by atoms with Gasteiger partial charge in [0.25, 0.3) is 5.91 Å². The van der Waals surface area contributed by atoms with Crippen LogP contribution in [-0.4, -0.2) is 18.2 Å². The summed E-state index contributed by atoms with van der Waals surface area (Å²) < 4.78 is 5.00. The first kappa shape index (κ1) is 12.8. The minimum Gasteiger partial charge on any atom is -0.459 e. The molecule has 0 saturated heterocycles. The second-order valence-electron chi connectivity index (χ2n) is 3.89. The van der Waals surface area contributed by atoms with Crippen LogP contribution in [0.2, 0.25) is 0 Å². The standard InChI is InChI=1S/C14H15NO2S/c1-11-4-6-12(7-5-11)18-10-8-15-14(16)13-3-2-9-17-13/h2-7,9H,8,10H2,1H3,(H,15,16). The van der Waals surface area contributed by atoms with Crippen LogP contribution in [0, 0.1) is 6.92 Å². The van der Waals surface area contributed by atoms with Crippen molar-refractivity contribution in [1.82, 2.24) is 5.32 Å². The van der Waals surface area contributed by atoms with Gasteiger partial charge in [0.05, 0.1) is 6.26 Å². The van der Waals surface area contributed by atoms with Gasteiger partial charge in [0.2, 0.25) is 0 Å². The SMILES string of the molecule is Cc1ccc(SCCNC(=O)c2ccco2)cc1. The van der Waals surface area contributed by atoms with Crippen LogP contribution >= 0.6 is 11.8 Å². The molecule has 0 bridgehead atoms. The Labute approximate surface area is 111 Å². The molecule has 2 rings (SSSR count). The first-order valence-corrected chi connectivity index (χ1v) is 6.75. The van der Waals surface area contributed by atoms with Crippen LogP contribution in [0.25, 0.3) is 0 Å². The molecule has 1 aromatic carbocycles. The van der Waals surface area contributed by atoms with Gasteiger partial charge in [-0.25, -0.2) is 0 Å². The van der Waals surface area contributed by atoms with Crippen molar-refractivity contribution in [1.29, 1.82) is 0 Å². The maximum atomic E-state index is 11.5. The average Bonchev–Trinajstić information content (AvgIpc) is 2.90. The predicted molar refractivity (Wildman–Crippen MR) is 72.9 cm³/mol. The van der Waals surface area contributed by atoms with E-state index in [1.54, 1.807) is 23.9 Å². The van der Waals surface area contributed by atoms with Crippen LogP contribution in [0.1, 0.15) is 16.1 Å². The molecular formula is C14H15NO2S. The van der Waals surface area contributed by atoms with Gasteiger partial charge in [-0.1, -0.05) is 17.7 Å². The van der Waals surface area contributed by atoms with E-state index >= 15 is 0 Å². The molecule has 94 valence electrons. The van der Waals surface area contributed by atoms with Crippen molar-refractivity contribution in [3.8, 4) is 0 Å². The molecule has 0 spiro atoms. The maximum absolute atomic E-state index is 11.5. The summed E-state index contributed by atoms with van der Waals surface area (Å²) >= 11 is 1.72. The smallest absolute Gasteiger partial charge is 0.287 e. The van der Waals surface area contributed by atoms with E-state index in [-0.39, 0.29) is 5.91 Å². The summed E-state index contributed by atoms with van der Waals surface area (Å²) in [6, 6.07) is 11.7. The van der Waals surface area contributed by atoms with Gasteiger partial charge in [0.1, 0.15) is 0 Å². The van der Waals surface area contributed by atoms with Gasteiger partial charge in [-0.2, -0.15) is 0 Å². The lowest BCUT2D eigenvalue weighted by atomic mass is 10.2. The lowest BCUT2D eigenvalue weighted by molar-refractivity contribution is 0.0928. The molecule has 0 atom stereocenters. The van der Waals surface area contributed by atoms with Crippen molar-refractivity contribution in [2.45, 2.75) is 11.8 Å². The highest BCUT2D eigenvalue weighted by atomic mass is 32.2. The maximum Gasteiger partial charge on any atom is 0.287 e. The summed E-state index contributed by atoms with van der Waals surface area (Å²) in [5.74, 6) is 1.04. The van der Waals surface area contributed by atoms with Crippen molar-refractivity contribution in [3.63, 3.8) is 0 Å². The molecule has 0 radical (unpaired) electrons.